The molecule has 3 aliphatic rings. The van der Waals surface area contributed by atoms with Gasteiger partial charge in [0.2, 0.25) is 5.91 Å². The Kier molecular flexibility index (Phi) is 18.4. The topological polar surface area (TPSA) is 162 Å². The Morgan fingerprint density at radius 2 is 1.19 bits per heavy atom. The molecule has 3 aliphatic heterocycles. The van der Waals surface area contributed by atoms with E-state index < -0.39 is 5.97 Å². The van der Waals surface area contributed by atoms with Gasteiger partial charge < -0.3 is 16.2 Å². The number of terminal acetylenes is 1. The van der Waals surface area contributed by atoms with Crippen LogP contribution in [-0.2, 0) is 17.6 Å². The van der Waals surface area contributed by atoms with Crippen LogP contribution in [0.1, 0.15) is 116 Å². The Bertz CT molecular complexity index is 3280. The van der Waals surface area contributed by atoms with Crippen LogP contribution in [0.25, 0.3) is 21.8 Å². The molecule has 1 fully saturated rings. The molecule has 0 saturated carbocycles. The molecule has 0 aliphatic carbocycles. The maximum Gasteiger partial charge on any atom is 0.337 e. The fourth-order valence-corrected chi connectivity index (χ4v) is 8.90. The van der Waals surface area contributed by atoms with E-state index >= 15 is 0 Å². The second kappa shape index (κ2) is 24.6. The average molecular weight is 1070 g/mol. The van der Waals surface area contributed by atoms with Gasteiger partial charge in [0.1, 0.15) is 23.3 Å². The number of nitrogen functional groups attached to an aromatic ring is 1. The van der Waals surface area contributed by atoms with Crippen LogP contribution in [-0.4, -0.2) is 42.1 Å². The number of aromatic carboxylic acids is 1. The van der Waals surface area contributed by atoms with Crippen LogP contribution in [0, 0.1) is 35.8 Å². The Morgan fingerprint density at radius 3 is 1.69 bits per heavy atom. The third kappa shape index (κ3) is 14.1. The molecule has 15 heteroatoms. The largest absolute Gasteiger partial charge is 0.478 e. The average Bonchev–Trinajstić information content (AvgIpc) is 3.31. The van der Waals surface area contributed by atoms with E-state index in [0.29, 0.717) is 33.5 Å². The SMILES string of the molecule is C#Cc1cccc(F)c1.CC1CCCC(=O)N1.CC1CCCc2nc3cc(Br)ccc3c(=O)n21.CC1CCCc2nc3cc(C#Cc4cccc(F)c4)ccc3c(=O)n21.Nc1cc(Br)ccc1C(=O)O. The number of carboxylic acid groups (broad SMARTS) is 1. The summed E-state index contributed by atoms with van der Waals surface area (Å²) < 4.78 is 30.9. The molecular formula is C55H52Br2F2N6O5. The lowest BCUT2D eigenvalue weighted by molar-refractivity contribution is -0.123. The zero-order valence-electron chi connectivity index (χ0n) is 38.9. The molecule has 5 aromatic carbocycles. The Morgan fingerprint density at radius 1 is 0.686 bits per heavy atom. The molecule has 0 spiro atoms. The normalized spacial score (nSPS) is 16.4. The first-order chi connectivity index (χ1) is 33.5. The molecule has 70 heavy (non-hydrogen) atoms. The number of hydrogen-bond acceptors (Lipinski definition) is 7. The van der Waals surface area contributed by atoms with Crippen LogP contribution in [0.5, 0.6) is 0 Å². The molecule has 0 radical (unpaired) electrons. The summed E-state index contributed by atoms with van der Waals surface area (Å²) in [6.45, 7) is 6.20. The number of halogens is 4. The number of piperidine rings is 1. The molecule has 11 nitrogen and oxygen atoms in total. The van der Waals surface area contributed by atoms with Crippen molar-refractivity contribution in [3.8, 4) is 24.2 Å². The van der Waals surface area contributed by atoms with Crippen LogP contribution in [0.15, 0.2) is 122 Å². The molecule has 10 rings (SSSR count). The standard InChI is InChI=1S/C21H17FN2O.C13H13BrN2O.C8H5F.C7H6BrNO2.C6H11NO/c1-14-4-2-7-20-23-19-13-16(10-11-18(19)21(25)24(14)20)9-8-15-5-3-6-17(22)12-15;1-8-3-2-4-12-15-11-7-9(14)5-6-10(11)13(17)16(8)12;1-2-7-4-3-5-8(9)6-7;8-4-1-2-5(7(10)11)6(9)3-4;1-5-3-2-4-6(8)7-5/h3,5-6,10-14H,2,4,7H2,1H3;5-8H,2-4H2,1H3;1,3-6H;1-3H,9H2,(H,10,11);5H,2-4H2,1H3,(H,7,8). The second-order valence-corrected chi connectivity index (χ2v) is 18.9. The first-order valence-electron chi connectivity index (χ1n) is 22.8. The Balaban J connectivity index is 0.000000155. The molecular weight excluding hydrogens is 1020 g/mol. The summed E-state index contributed by atoms with van der Waals surface area (Å²) >= 11 is 6.59. The minimum atomic E-state index is -1.00. The van der Waals surface area contributed by atoms with Gasteiger partial charge in [-0.25, -0.2) is 23.5 Å². The van der Waals surface area contributed by atoms with E-state index in [4.69, 9.17) is 22.2 Å². The number of carboxylic acids is 1. The second-order valence-electron chi connectivity index (χ2n) is 17.1. The van der Waals surface area contributed by atoms with Gasteiger partial charge in [-0.1, -0.05) is 61.8 Å². The third-order valence-corrected chi connectivity index (χ3v) is 12.7. The quantitative estimate of drug-likeness (QED) is 0.108. The van der Waals surface area contributed by atoms with Crippen molar-refractivity contribution >= 4 is 71.2 Å². The minimum absolute atomic E-state index is 0.0249. The van der Waals surface area contributed by atoms with Crippen molar-refractivity contribution in [1.29, 1.82) is 0 Å². The van der Waals surface area contributed by atoms with Crippen LogP contribution < -0.4 is 22.2 Å². The summed E-state index contributed by atoms with van der Waals surface area (Å²) in [4.78, 5) is 55.5. The number of aromatic nitrogens is 4. The molecule has 3 unspecified atom stereocenters. The van der Waals surface area contributed by atoms with E-state index in [-0.39, 0.29) is 52.0 Å². The lowest BCUT2D eigenvalue weighted by atomic mass is 10.0. The summed E-state index contributed by atoms with van der Waals surface area (Å²) in [6, 6.07) is 28.8. The van der Waals surface area contributed by atoms with Gasteiger partial charge in [-0.05, 0) is 150 Å². The van der Waals surface area contributed by atoms with Crippen molar-refractivity contribution < 1.29 is 23.5 Å². The monoisotopic (exact) mass is 1070 g/mol. The lowest BCUT2D eigenvalue weighted by Gasteiger charge is -2.24. The number of nitrogens with zero attached hydrogens (tertiary/aromatic N) is 4. The predicted octanol–water partition coefficient (Wildman–Crippen LogP) is 11.1. The summed E-state index contributed by atoms with van der Waals surface area (Å²) in [5.41, 5.74) is 9.37. The number of carbonyl (C=O) groups excluding carboxylic acids is 1. The molecule has 0 bridgehead atoms. The van der Waals surface area contributed by atoms with Crippen molar-refractivity contribution in [2.45, 2.75) is 96.7 Å². The number of rotatable bonds is 1. The van der Waals surface area contributed by atoms with Crippen molar-refractivity contribution in [3.63, 3.8) is 0 Å². The highest BCUT2D eigenvalue weighted by atomic mass is 79.9. The number of aryl methyl sites for hydroxylation is 2. The van der Waals surface area contributed by atoms with Crippen LogP contribution in [0.3, 0.4) is 0 Å². The molecule has 3 atom stereocenters. The van der Waals surface area contributed by atoms with Crippen LogP contribution >= 0.6 is 31.9 Å². The van der Waals surface area contributed by atoms with Gasteiger partial charge in [0, 0.05) is 68.7 Å². The van der Waals surface area contributed by atoms with E-state index in [1.54, 1.807) is 42.5 Å². The van der Waals surface area contributed by atoms with Gasteiger partial charge in [-0.3, -0.25) is 23.5 Å². The van der Waals surface area contributed by atoms with Crippen LogP contribution in [0.4, 0.5) is 14.5 Å². The van der Waals surface area contributed by atoms with Crippen molar-refractivity contribution in [2.75, 3.05) is 5.73 Å². The molecule has 1 amide bonds. The van der Waals surface area contributed by atoms with Crippen LogP contribution in [0.2, 0.25) is 0 Å². The molecule has 4 N–H and O–H groups in total. The zero-order chi connectivity index (χ0) is 50.5. The summed E-state index contributed by atoms with van der Waals surface area (Å²) in [7, 11) is 0. The fourth-order valence-electron chi connectivity index (χ4n) is 8.18. The number of amides is 1. The van der Waals surface area contributed by atoms with Gasteiger partial charge in [0.25, 0.3) is 11.1 Å². The van der Waals surface area contributed by atoms with E-state index in [1.165, 1.54) is 30.3 Å². The number of hydrogen-bond donors (Lipinski definition) is 3. The number of anilines is 1. The number of carbonyl (C=O) groups is 2. The molecule has 2 aromatic heterocycles. The molecule has 7 aromatic rings. The Labute approximate surface area is 421 Å². The molecule has 5 heterocycles. The van der Waals surface area contributed by atoms with E-state index in [9.17, 15) is 28.0 Å². The summed E-state index contributed by atoms with van der Waals surface area (Å²) in [5.74, 6) is 8.70. The number of nitrogens with two attached hydrogens (primary N) is 1. The number of nitrogens with one attached hydrogen (secondary N) is 1. The van der Waals surface area contributed by atoms with Gasteiger partial charge in [-0.2, -0.15) is 0 Å². The highest BCUT2D eigenvalue weighted by Crippen LogP contribution is 2.25. The summed E-state index contributed by atoms with van der Waals surface area (Å²) in [5, 5.41) is 12.7. The Hall–Kier alpha value is -6.94. The number of fused-ring (bicyclic) bond motifs is 4. The van der Waals surface area contributed by atoms with Crippen molar-refractivity contribution in [2.24, 2.45) is 0 Å². The van der Waals surface area contributed by atoms with E-state index in [1.807, 2.05) is 46.4 Å². The third-order valence-electron chi connectivity index (χ3n) is 11.7. The van der Waals surface area contributed by atoms with Gasteiger partial charge in [0.15, 0.2) is 0 Å². The molecule has 1 saturated heterocycles. The van der Waals surface area contributed by atoms with E-state index in [2.05, 4.69) is 73.8 Å². The van der Waals surface area contributed by atoms with Crippen molar-refractivity contribution in [3.05, 3.63) is 178 Å². The summed E-state index contributed by atoms with van der Waals surface area (Å²) in [6.07, 6.45) is 13.9. The van der Waals surface area contributed by atoms with Gasteiger partial charge in [0.05, 0.1) is 27.4 Å². The highest BCUT2D eigenvalue weighted by Gasteiger charge is 2.21. The smallest absolute Gasteiger partial charge is 0.337 e. The molecule has 360 valence electrons. The van der Waals surface area contributed by atoms with E-state index in [0.717, 1.165) is 89.5 Å². The lowest BCUT2D eigenvalue weighted by Crippen LogP contribution is -2.36. The predicted molar refractivity (Wildman–Crippen MR) is 279 cm³/mol. The number of benzene rings is 5. The minimum Gasteiger partial charge on any atom is -0.478 e. The van der Waals surface area contributed by atoms with Gasteiger partial charge in [-0.15, -0.1) is 6.42 Å². The fraction of sp³-hybridized carbons (Fsp3) is 0.273. The zero-order valence-corrected chi connectivity index (χ0v) is 42.1. The maximum atomic E-state index is 13.2. The van der Waals surface area contributed by atoms with Crippen molar-refractivity contribution in [1.82, 2.24) is 24.4 Å². The first kappa shape index (κ1) is 52.4. The first-order valence-corrected chi connectivity index (χ1v) is 24.4. The maximum absolute atomic E-state index is 13.2. The van der Waals surface area contributed by atoms with Gasteiger partial charge >= 0.3 is 5.97 Å². The highest BCUT2D eigenvalue weighted by molar-refractivity contribution is 9.10.